The number of rotatable bonds is 9. The molecular formula is C16H25N3O4. The lowest BCUT2D eigenvalue weighted by molar-refractivity contribution is -0.126. The van der Waals surface area contributed by atoms with Gasteiger partial charge in [0.1, 0.15) is 0 Å². The molecule has 0 aliphatic carbocycles. The maximum Gasteiger partial charge on any atom is 0.239 e. The molecule has 1 aromatic carbocycles. The van der Waals surface area contributed by atoms with Crippen LogP contribution in [0.4, 0.5) is 0 Å². The molecule has 1 rings (SSSR count). The van der Waals surface area contributed by atoms with Gasteiger partial charge in [-0.1, -0.05) is 6.07 Å². The summed E-state index contributed by atoms with van der Waals surface area (Å²) in [4.78, 5) is 24.9. The minimum absolute atomic E-state index is 0.00310. The second kappa shape index (κ2) is 9.68. The van der Waals surface area contributed by atoms with E-state index in [4.69, 9.17) is 9.47 Å². The van der Waals surface area contributed by atoms with Gasteiger partial charge < -0.3 is 20.1 Å². The Hall–Kier alpha value is -2.28. The first kappa shape index (κ1) is 18.8. The van der Waals surface area contributed by atoms with Crippen molar-refractivity contribution in [2.75, 3.05) is 40.9 Å². The molecule has 0 aliphatic rings. The molecule has 0 radical (unpaired) electrons. The number of ether oxygens (including phenoxy) is 2. The largest absolute Gasteiger partial charge is 0.493 e. The maximum atomic E-state index is 11.8. The summed E-state index contributed by atoms with van der Waals surface area (Å²) in [6.07, 6.45) is 0. The van der Waals surface area contributed by atoms with Gasteiger partial charge in [0.15, 0.2) is 11.5 Å². The van der Waals surface area contributed by atoms with E-state index in [0.29, 0.717) is 24.6 Å². The van der Waals surface area contributed by atoms with Crippen LogP contribution in [0.15, 0.2) is 18.2 Å². The van der Waals surface area contributed by atoms with Crippen molar-refractivity contribution in [1.29, 1.82) is 0 Å². The zero-order chi connectivity index (χ0) is 17.2. The van der Waals surface area contributed by atoms with E-state index in [1.54, 1.807) is 14.2 Å². The van der Waals surface area contributed by atoms with E-state index in [1.807, 2.05) is 37.1 Å². The van der Waals surface area contributed by atoms with Crippen molar-refractivity contribution in [3.8, 4) is 11.5 Å². The monoisotopic (exact) mass is 323 g/mol. The van der Waals surface area contributed by atoms with E-state index in [-0.39, 0.29) is 24.9 Å². The van der Waals surface area contributed by atoms with Crippen molar-refractivity contribution in [3.05, 3.63) is 23.8 Å². The Kier molecular flexibility index (Phi) is 7.90. The number of likely N-dealkylation sites (N-methyl/N-ethyl adjacent to an activating group) is 2. The van der Waals surface area contributed by atoms with Gasteiger partial charge >= 0.3 is 0 Å². The molecule has 2 amide bonds. The Morgan fingerprint density at radius 2 is 1.78 bits per heavy atom. The minimum atomic E-state index is -0.195. The van der Waals surface area contributed by atoms with Gasteiger partial charge in [-0.25, -0.2) is 0 Å². The number of methoxy groups -OCH3 is 2. The number of nitrogens with one attached hydrogen (secondary N) is 2. The van der Waals surface area contributed by atoms with Crippen LogP contribution >= 0.6 is 0 Å². The van der Waals surface area contributed by atoms with Crippen LogP contribution in [0.2, 0.25) is 0 Å². The average Bonchev–Trinajstić information content (AvgIpc) is 2.53. The predicted octanol–water partition coefficient (Wildman–Crippen LogP) is 0.388. The van der Waals surface area contributed by atoms with Crippen LogP contribution in [-0.4, -0.2) is 57.6 Å². The number of hydrogen-bond acceptors (Lipinski definition) is 5. The third-order valence-corrected chi connectivity index (χ3v) is 3.13. The van der Waals surface area contributed by atoms with E-state index >= 15 is 0 Å². The van der Waals surface area contributed by atoms with E-state index in [1.165, 1.54) is 0 Å². The van der Waals surface area contributed by atoms with Crippen LogP contribution in [-0.2, 0) is 16.1 Å². The predicted molar refractivity (Wildman–Crippen MR) is 87.6 cm³/mol. The normalized spacial score (nSPS) is 10.3. The SMILES string of the molecule is CCNC(=O)CNC(=O)CN(C)Cc1ccc(OC)c(OC)c1. The third-order valence-electron chi connectivity index (χ3n) is 3.13. The summed E-state index contributed by atoms with van der Waals surface area (Å²) in [6.45, 7) is 3.16. The van der Waals surface area contributed by atoms with Gasteiger partial charge in [-0.05, 0) is 31.7 Å². The molecule has 0 spiro atoms. The second-order valence-corrected chi connectivity index (χ2v) is 5.09. The molecule has 0 aromatic heterocycles. The topological polar surface area (TPSA) is 79.9 Å². The molecule has 7 heteroatoms. The van der Waals surface area contributed by atoms with Crippen LogP contribution < -0.4 is 20.1 Å². The Labute approximate surface area is 136 Å². The van der Waals surface area contributed by atoms with Gasteiger partial charge in [0.2, 0.25) is 11.8 Å². The standard InChI is InChI=1S/C16H25N3O4/c1-5-17-15(20)9-18-16(21)11-19(2)10-12-6-7-13(22-3)14(8-12)23-4/h6-8H,5,9-11H2,1-4H3,(H,17,20)(H,18,21). The summed E-state index contributed by atoms with van der Waals surface area (Å²) in [5.41, 5.74) is 1.00. The molecule has 2 N–H and O–H groups in total. The molecule has 0 aliphatic heterocycles. The quantitative estimate of drug-likeness (QED) is 0.687. The van der Waals surface area contributed by atoms with Gasteiger partial charge in [-0.15, -0.1) is 0 Å². The van der Waals surface area contributed by atoms with Gasteiger partial charge in [0, 0.05) is 13.1 Å². The van der Waals surface area contributed by atoms with E-state index in [9.17, 15) is 9.59 Å². The number of carbonyl (C=O) groups is 2. The number of benzene rings is 1. The van der Waals surface area contributed by atoms with Gasteiger partial charge in [0.05, 0.1) is 27.3 Å². The number of carbonyl (C=O) groups excluding carboxylic acids is 2. The van der Waals surface area contributed by atoms with Crippen molar-refractivity contribution in [1.82, 2.24) is 15.5 Å². The molecule has 1 aromatic rings. The molecular weight excluding hydrogens is 298 g/mol. The molecule has 0 unspecified atom stereocenters. The highest BCUT2D eigenvalue weighted by molar-refractivity contribution is 5.85. The fourth-order valence-electron chi connectivity index (χ4n) is 2.09. The molecule has 7 nitrogen and oxygen atoms in total. The van der Waals surface area contributed by atoms with Crippen molar-refractivity contribution < 1.29 is 19.1 Å². The lowest BCUT2D eigenvalue weighted by Gasteiger charge is -2.17. The van der Waals surface area contributed by atoms with Crippen LogP contribution in [0.25, 0.3) is 0 Å². The molecule has 0 fully saturated rings. The summed E-state index contributed by atoms with van der Waals surface area (Å²) in [6, 6.07) is 5.63. The van der Waals surface area contributed by atoms with Crippen molar-refractivity contribution in [2.24, 2.45) is 0 Å². The molecule has 0 heterocycles. The van der Waals surface area contributed by atoms with Crippen molar-refractivity contribution in [2.45, 2.75) is 13.5 Å². The zero-order valence-corrected chi connectivity index (χ0v) is 14.1. The molecule has 0 bridgehead atoms. The first-order valence-corrected chi connectivity index (χ1v) is 7.43. The lowest BCUT2D eigenvalue weighted by atomic mass is 10.2. The van der Waals surface area contributed by atoms with Crippen molar-refractivity contribution in [3.63, 3.8) is 0 Å². The molecule has 0 saturated heterocycles. The molecule has 0 saturated carbocycles. The van der Waals surface area contributed by atoms with Crippen LogP contribution in [0.1, 0.15) is 12.5 Å². The fourth-order valence-corrected chi connectivity index (χ4v) is 2.09. The van der Waals surface area contributed by atoms with Crippen LogP contribution in [0, 0.1) is 0 Å². The lowest BCUT2D eigenvalue weighted by Crippen LogP contribution is -2.41. The van der Waals surface area contributed by atoms with Gasteiger partial charge in [0.25, 0.3) is 0 Å². The highest BCUT2D eigenvalue weighted by Crippen LogP contribution is 2.27. The molecule has 23 heavy (non-hydrogen) atoms. The summed E-state index contributed by atoms with van der Waals surface area (Å²) >= 11 is 0. The van der Waals surface area contributed by atoms with Crippen molar-refractivity contribution >= 4 is 11.8 Å². The highest BCUT2D eigenvalue weighted by atomic mass is 16.5. The Morgan fingerprint density at radius 1 is 1.09 bits per heavy atom. The third kappa shape index (κ3) is 6.56. The first-order valence-electron chi connectivity index (χ1n) is 7.43. The second-order valence-electron chi connectivity index (χ2n) is 5.09. The summed E-state index contributed by atoms with van der Waals surface area (Å²) in [7, 11) is 5.01. The Balaban J connectivity index is 2.48. The average molecular weight is 323 g/mol. The Bertz CT molecular complexity index is 534. The van der Waals surface area contributed by atoms with Crippen LogP contribution in [0.3, 0.4) is 0 Å². The first-order chi connectivity index (χ1) is 11.0. The number of amides is 2. The van der Waals surface area contributed by atoms with E-state index in [2.05, 4.69) is 10.6 Å². The molecule has 128 valence electrons. The van der Waals surface area contributed by atoms with Gasteiger partial charge in [-0.3, -0.25) is 14.5 Å². The van der Waals surface area contributed by atoms with Crippen LogP contribution in [0.5, 0.6) is 11.5 Å². The Morgan fingerprint density at radius 3 is 2.39 bits per heavy atom. The van der Waals surface area contributed by atoms with E-state index in [0.717, 1.165) is 5.56 Å². The number of nitrogens with zero attached hydrogens (tertiary/aromatic N) is 1. The van der Waals surface area contributed by atoms with E-state index < -0.39 is 0 Å². The zero-order valence-electron chi connectivity index (χ0n) is 14.1. The fraction of sp³-hybridized carbons (Fsp3) is 0.500. The number of hydrogen-bond donors (Lipinski definition) is 2. The molecule has 0 atom stereocenters. The highest BCUT2D eigenvalue weighted by Gasteiger charge is 2.10. The van der Waals surface area contributed by atoms with Gasteiger partial charge in [-0.2, -0.15) is 0 Å². The smallest absolute Gasteiger partial charge is 0.239 e. The minimum Gasteiger partial charge on any atom is -0.493 e. The summed E-state index contributed by atoms with van der Waals surface area (Å²) in [5, 5.41) is 5.21. The summed E-state index contributed by atoms with van der Waals surface area (Å²) in [5.74, 6) is 0.931. The summed E-state index contributed by atoms with van der Waals surface area (Å²) < 4.78 is 10.5. The maximum absolute atomic E-state index is 11.8.